The number of benzene rings is 1. The minimum atomic E-state index is -0.496. The molecule has 0 unspecified atom stereocenters. The highest BCUT2D eigenvalue weighted by atomic mass is 16.6. The van der Waals surface area contributed by atoms with Gasteiger partial charge in [-0.1, -0.05) is 12.1 Å². The second kappa shape index (κ2) is 4.25. The first-order valence-corrected chi connectivity index (χ1v) is 3.68. The van der Waals surface area contributed by atoms with Crippen molar-refractivity contribution in [3.05, 3.63) is 46.1 Å². The number of hydrogen-bond acceptors (Lipinski definition) is 3. The zero-order valence-electron chi connectivity index (χ0n) is 7.14. The molecule has 4 nitrogen and oxygen atoms in total. The molecule has 0 atom stereocenters. The van der Waals surface area contributed by atoms with Crippen LogP contribution in [0.15, 0.2) is 30.5 Å². The van der Waals surface area contributed by atoms with Crippen molar-refractivity contribution < 1.29 is 9.66 Å². The summed E-state index contributed by atoms with van der Waals surface area (Å²) >= 11 is 0. The highest BCUT2D eigenvalue weighted by Crippen LogP contribution is 2.11. The van der Waals surface area contributed by atoms with Crippen molar-refractivity contribution in [2.24, 2.45) is 0 Å². The van der Waals surface area contributed by atoms with E-state index in [9.17, 15) is 10.1 Å². The molecule has 0 spiro atoms. The van der Waals surface area contributed by atoms with E-state index in [0.717, 1.165) is 17.5 Å². The van der Waals surface area contributed by atoms with Gasteiger partial charge in [0.1, 0.15) is 5.75 Å². The highest BCUT2D eigenvalue weighted by Gasteiger charge is 1.91. The first-order chi connectivity index (χ1) is 6.22. The van der Waals surface area contributed by atoms with Gasteiger partial charge in [-0.05, 0) is 17.7 Å². The maximum absolute atomic E-state index is 9.99. The van der Waals surface area contributed by atoms with Gasteiger partial charge in [-0.3, -0.25) is 10.1 Å². The third-order valence-electron chi connectivity index (χ3n) is 1.50. The topological polar surface area (TPSA) is 52.4 Å². The zero-order valence-corrected chi connectivity index (χ0v) is 7.14. The van der Waals surface area contributed by atoms with Gasteiger partial charge in [0.15, 0.2) is 0 Å². The van der Waals surface area contributed by atoms with Crippen LogP contribution < -0.4 is 4.74 Å². The first kappa shape index (κ1) is 9.25. The Morgan fingerprint density at radius 3 is 2.46 bits per heavy atom. The lowest BCUT2D eigenvalue weighted by Crippen LogP contribution is -1.83. The molecule has 0 aliphatic heterocycles. The summed E-state index contributed by atoms with van der Waals surface area (Å²) in [4.78, 5) is 9.49. The van der Waals surface area contributed by atoms with Crippen molar-refractivity contribution in [1.82, 2.24) is 0 Å². The Morgan fingerprint density at radius 1 is 1.38 bits per heavy atom. The van der Waals surface area contributed by atoms with E-state index in [4.69, 9.17) is 4.74 Å². The maximum Gasteiger partial charge on any atom is 0.235 e. The predicted molar refractivity (Wildman–Crippen MR) is 49.0 cm³/mol. The van der Waals surface area contributed by atoms with Crippen molar-refractivity contribution in [2.75, 3.05) is 7.11 Å². The third kappa shape index (κ3) is 2.94. The number of methoxy groups -OCH3 is 1. The van der Waals surface area contributed by atoms with Gasteiger partial charge < -0.3 is 4.74 Å². The van der Waals surface area contributed by atoms with Crippen molar-refractivity contribution in [2.45, 2.75) is 0 Å². The third-order valence-corrected chi connectivity index (χ3v) is 1.50. The van der Waals surface area contributed by atoms with Crippen LogP contribution in [0.25, 0.3) is 6.08 Å². The molecule has 13 heavy (non-hydrogen) atoms. The van der Waals surface area contributed by atoms with E-state index in [1.54, 1.807) is 31.4 Å². The van der Waals surface area contributed by atoms with Crippen LogP contribution in [-0.4, -0.2) is 12.0 Å². The monoisotopic (exact) mass is 179 g/mol. The lowest BCUT2D eigenvalue weighted by molar-refractivity contribution is -0.400. The highest BCUT2D eigenvalue weighted by molar-refractivity contribution is 5.49. The van der Waals surface area contributed by atoms with E-state index in [-0.39, 0.29) is 0 Å². The molecule has 0 aliphatic carbocycles. The molecule has 68 valence electrons. The van der Waals surface area contributed by atoms with E-state index in [1.165, 1.54) is 6.08 Å². The van der Waals surface area contributed by atoms with Gasteiger partial charge in [-0.15, -0.1) is 0 Å². The Bertz CT molecular complexity index is 316. The normalized spacial score (nSPS) is 10.2. The van der Waals surface area contributed by atoms with Gasteiger partial charge in [0.25, 0.3) is 0 Å². The van der Waals surface area contributed by atoms with Crippen LogP contribution in [0.3, 0.4) is 0 Å². The second-order valence-corrected chi connectivity index (χ2v) is 2.37. The molecule has 0 amide bonds. The Morgan fingerprint density at radius 2 is 2.00 bits per heavy atom. The smallest absolute Gasteiger partial charge is 0.235 e. The van der Waals surface area contributed by atoms with Crippen LogP contribution in [0.5, 0.6) is 5.75 Å². The Kier molecular flexibility index (Phi) is 3.03. The number of nitrogens with zero attached hydrogens (tertiary/aromatic N) is 1. The minimum Gasteiger partial charge on any atom is -0.497 e. The number of rotatable bonds is 3. The molecule has 4 heteroatoms. The fourth-order valence-corrected chi connectivity index (χ4v) is 0.862. The van der Waals surface area contributed by atoms with Crippen molar-refractivity contribution in [1.29, 1.82) is 0 Å². The molecular formula is C9H9NO3. The molecule has 0 aliphatic rings. The molecule has 1 aromatic rings. The van der Waals surface area contributed by atoms with E-state index in [1.807, 2.05) is 0 Å². The lowest BCUT2D eigenvalue weighted by Gasteiger charge is -1.97. The summed E-state index contributed by atoms with van der Waals surface area (Å²) in [5.74, 6) is 0.734. The Labute approximate surface area is 75.6 Å². The summed E-state index contributed by atoms with van der Waals surface area (Å²) in [5, 5.41) is 9.99. The van der Waals surface area contributed by atoms with Gasteiger partial charge in [0.2, 0.25) is 6.20 Å². The fraction of sp³-hybridized carbons (Fsp3) is 0.111. The SMILES string of the molecule is COc1ccc(/C=C\[N+](=O)[O-])cc1. The average molecular weight is 179 g/mol. The van der Waals surface area contributed by atoms with Crippen molar-refractivity contribution in [3.63, 3.8) is 0 Å². The summed E-state index contributed by atoms with van der Waals surface area (Å²) in [6.07, 6.45) is 2.33. The van der Waals surface area contributed by atoms with Crippen LogP contribution in [0, 0.1) is 10.1 Å². The van der Waals surface area contributed by atoms with Crippen LogP contribution in [-0.2, 0) is 0 Å². The second-order valence-electron chi connectivity index (χ2n) is 2.37. The van der Waals surface area contributed by atoms with Crippen LogP contribution in [0.2, 0.25) is 0 Å². The molecule has 0 saturated carbocycles. The lowest BCUT2D eigenvalue weighted by atomic mass is 10.2. The Balaban J connectivity index is 2.75. The molecule has 1 aromatic carbocycles. The number of hydrogen-bond donors (Lipinski definition) is 0. The number of ether oxygens (including phenoxy) is 1. The summed E-state index contributed by atoms with van der Waals surface area (Å²) in [5.41, 5.74) is 0.775. The molecule has 0 saturated heterocycles. The van der Waals surface area contributed by atoms with Gasteiger partial charge in [-0.25, -0.2) is 0 Å². The van der Waals surface area contributed by atoms with Crippen LogP contribution in [0.1, 0.15) is 5.56 Å². The van der Waals surface area contributed by atoms with Gasteiger partial charge in [0.05, 0.1) is 12.0 Å². The van der Waals surface area contributed by atoms with Crippen LogP contribution >= 0.6 is 0 Å². The fourth-order valence-electron chi connectivity index (χ4n) is 0.862. The van der Waals surface area contributed by atoms with E-state index in [2.05, 4.69) is 0 Å². The van der Waals surface area contributed by atoms with E-state index in [0.29, 0.717) is 0 Å². The summed E-state index contributed by atoms with van der Waals surface area (Å²) in [7, 11) is 1.57. The molecule has 0 heterocycles. The zero-order chi connectivity index (χ0) is 9.68. The molecular weight excluding hydrogens is 170 g/mol. The predicted octanol–water partition coefficient (Wildman–Crippen LogP) is 1.94. The quantitative estimate of drug-likeness (QED) is 0.526. The van der Waals surface area contributed by atoms with Gasteiger partial charge in [0, 0.05) is 6.08 Å². The van der Waals surface area contributed by atoms with Crippen LogP contribution in [0.4, 0.5) is 0 Å². The molecule has 0 N–H and O–H groups in total. The molecule has 0 fully saturated rings. The summed E-state index contributed by atoms with van der Waals surface area (Å²) in [6, 6.07) is 7.00. The van der Waals surface area contributed by atoms with Crippen molar-refractivity contribution >= 4 is 6.08 Å². The molecule has 0 bridgehead atoms. The average Bonchev–Trinajstić information content (AvgIpc) is 2.15. The van der Waals surface area contributed by atoms with Gasteiger partial charge in [-0.2, -0.15) is 0 Å². The molecule has 0 aromatic heterocycles. The first-order valence-electron chi connectivity index (χ1n) is 3.68. The minimum absolute atomic E-state index is 0.496. The summed E-state index contributed by atoms with van der Waals surface area (Å²) < 4.78 is 4.94. The summed E-state index contributed by atoms with van der Waals surface area (Å²) in [6.45, 7) is 0. The van der Waals surface area contributed by atoms with E-state index >= 15 is 0 Å². The number of nitro groups is 1. The van der Waals surface area contributed by atoms with E-state index < -0.39 is 4.92 Å². The standard InChI is InChI=1S/C9H9NO3/c1-13-9-4-2-8(3-5-9)6-7-10(11)12/h2-7H,1H3/b7-6-. The molecule has 1 rings (SSSR count). The Hall–Kier alpha value is -1.84. The van der Waals surface area contributed by atoms with Gasteiger partial charge >= 0.3 is 0 Å². The molecule has 0 radical (unpaired) electrons. The maximum atomic E-state index is 9.99. The van der Waals surface area contributed by atoms with Crippen molar-refractivity contribution in [3.8, 4) is 5.75 Å². The largest absolute Gasteiger partial charge is 0.497 e.